The molecule has 0 bridgehead atoms. The van der Waals surface area contributed by atoms with Crippen molar-refractivity contribution >= 4 is 52.2 Å². The van der Waals surface area contributed by atoms with Crippen molar-refractivity contribution in [2.24, 2.45) is 0 Å². The number of amides is 2. The first kappa shape index (κ1) is 21.2. The van der Waals surface area contributed by atoms with Crippen molar-refractivity contribution in [3.63, 3.8) is 0 Å². The number of hydrazine groups is 1. The van der Waals surface area contributed by atoms with Gasteiger partial charge in [0, 0.05) is 30.4 Å². The van der Waals surface area contributed by atoms with Crippen LogP contribution in [0.5, 0.6) is 0 Å². The van der Waals surface area contributed by atoms with E-state index in [0.717, 1.165) is 23.7 Å². The number of carbonyl (C=O) groups excluding carboxylic acids is 2. The fourth-order valence-electron chi connectivity index (χ4n) is 1.97. The number of thiocarbonyl (C=S) groups is 1. The highest BCUT2D eigenvalue weighted by atomic mass is 32.2. The lowest BCUT2D eigenvalue weighted by molar-refractivity contribution is -0.134. The fraction of sp³-hybridized carbons (Fsp3) is 0.0556. The molecule has 0 spiro atoms. The Morgan fingerprint density at radius 1 is 1.25 bits per heavy atom. The number of nitrogens with zero attached hydrogens (tertiary/aromatic N) is 2. The molecule has 2 aromatic rings. The molecular weight excluding hydrogens is 405 g/mol. The Bertz CT molecular complexity index is 947. The van der Waals surface area contributed by atoms with Gasteiger partial charge in [-0.1, -0.05) is 30.0 Å². The van der Waals surface area contributed by atoms with E-state index in [-0.39, 0.29) is 14.8 Å². The third-order valence-electron chi connectivity index (χ3n) is 3.14. The van der Waals surface area contributed by atoms with Gasteiger partial charge in [0.1, 0.15) is 5.82 Å². The molecule has 0 atom stereocenters. The molecule has 2 amide bonds. The highest BCUT2D eigenvalue weighted by Crippen LogP contribution is 2.31. The van der Waals surface area contributed by atoms with E-state index in [1.165, 1.54) is 36.7 Å². The summed E-state index contributed by atoms with van der Waals surface area (Å²) in [7, 11) is 0. The zero-order chi connectivity index (χ0) is 20.7. The van der Waals surface area contributed by atoms with Crippen molar-refractivity contribution in [2.45, 2.75) is 6.92 Å². The number of benzene rings is 1. The van der Waals surface area contributed by atoms with Gasteiger partial charge in [0.2, 0.25) is 0 Å². The number of rotatable bonds is 3. The lowest BCUT2D eigenvalue weighted by Gasteiger charge is -2.15. The maximum Gasteiger partial charge on any atom is 0.300 e. The number of hydrogen-bond acceptors (Lipinski definition) is 6. The third kappa shape index (κ3) is 5.69. The molecule has 1 saturated heterocycles. The fourth-order valence-corrected chi connectivity index (χ4v) is 3.14. The number of carboxylic acids is 1. The molecule has 0 aliphatic carbocycles. The Kier molecular flexibility index (Phi) is 7.36. The Hall–Kier alpha value is -3.11. The number of carbonyl (C=O) groups is 3. The molecule has 1 aliphatic rings. The molecular formula is C18H14FN3O4S2. The van der Waals surface area contributed by atoms with Crippen LogP contribution in [0, 0.1) is 5.82 Å². The number of halogens is 1. The zero-order valence-corrected chi connectivity index (χ0v) is 16.1. The van der Waals surface area contributed by atoms with Gasteiger partial charge in [-0.05, 0) is 36.5 Å². The van der Waals surface area contributed by atoms with Gasteiger partial charge in [0.05, 0.1) is 4.91 Å². The van der Waals surface area contributed by atoms with E-state index in [1.54, 1.807) is 18.2 Å². The van der Waals surface area contributed by atoms with Gasteiger partial charge < -0.3 is 5.11 Å². The second-order valence-corrected chi connectivity index (χ2v) is 6.91. The van der Waals surface area contributed by atoms with Crippen molar-refractivity contribution in [1.82, 2.24) is 15.4 Å². The second-order valence-electron chi connectivity index (χ2n) is 5.23. The average Bonchev–Trinajstić information content (AvgIpc) is 2.91. The van der Waals surface area contributed by atoms with E-state index < -0.39 is 23.6 Å². The Labute approximate surface area is 169 Å². The number of pyridine rings is 1. The highest BCUT2D eigenvalue weighted by molar-refractivity contribution is 8.26. The van der Waals surface area contributed by atoms with Crippen molar-refractivity contribution in [2.75, 3.05) is 0 Å². The lowest BCUT2D eigenvalue weighted by atomic mass is 10.2. The number of aliphatic carboxylic acids is 1. The van der Waals surface area contributed by atoms with Crippen molar-refractivity contribution in [3.8, 4) is 0 Å². The second kappa shape index (κ2) is 9.72. The molecule has 0 unspecified atom stereocenters. The van der Waals surface area contributed by atoms with E-state index in [0.29, 0.717) is 5.56 Å². The summed E-state index contributed by atoms with van der Waals surface area (Å²) in [6.07, 6.45) is 4.35. The van der Waals surface area contributed by atoms with Crippen LogP contribution < -0.4 is 5.43 Å². The maximum absolute atomic E-state index is 13.7. The first-order valence-electron chi connectivity index (χ1n) is 7.72. The van der Waals surface area contributed by atoms with Crippen molar-refractivity contribution in [1.29, 1.82) is 0 Å². The number of hydrogen-bond donors (Lipinski definition) is 2. The van der Waals surface area contributed by atoms with E-state index in [2.05, 4.69) is 10.4 Å². The topological polar surface area (TPSA) is 99.6 Å². The van der Waals surface area contributed by atoms with Crippen LogP contribution in [0.2, 0.25) is 0 Å². The van der Waals surface area contributed by atoms with Gasteiger partial charge in [0.15, 0.2) is 4.32 Å². The van der Waals surface area contributed by atoms with E-state index >= 15 is 0 Å². The molecule has 3 rings (SSSR count). The zero-order valence-electron chi connectivity index (χ0n) is 14.5. The SMILES string of the molecule is CC(=O)O.O=C(NN1C(=O)/C(=C/c2ccccc2F)SC1=S)c1ccncc1. The first-order valence-corrected chi connectivity index (χ1v) is 8.95. The van der Waals surface area contributed by atoms with Crippen LogP contribution in [0.4, 0.5) is 4.39 Å². The van der Waals surface area contributed by atoms with Crippen LogP contribution in [0.15, 0.2) is 53.7 Å². The van der Waals surface area contributed by atoms with Crippen molar-refractivity contribution < 1.29 is 23.9 Å². The number of thioether (sulfide) groups is 1. The van der Waals surface area contributed by atoms with Crippen molar-refractivity contribution in [3.05, 3.63) is 70.6 Å². The van der Waals surface area contributed by atoms with Crippen LogP contribution in [-0.2, 0) is 9.59 Å². The number of carboxylic acid groups (broad SMARTS) is 1. The Morgan fingerprint density at radius 2 is 1.86 bits per heavy atom. The Morgan fingerprint density at radius 3 is 2.46 bits per heavy atom. The van der Waals surface area contributed by atoms with Gasteiger partial charge in [-0.25, -0.2) is 4.39 Å². The summed E-state index contributed by atoms with van der Waals surface area (Å²) in [5.41, 5.74) is 3.07. The van der Waals surface area contributed by atoms with Crippen LogP contribution in [0.3, 0.4) is 0 Å². The highest BCUT2D eigenvalue weighted by Gasteiger charge is 2.33. The number of aromatic nitrogens is 1. The predicted octanol–water partition coefficient (Wildman–Crippen LogP) is 2.86. The number of nitrogens with one attached hydrogen (secondary N) is 1. The molecule has 1 aliphatic heterocycles. The predicted molar refractivity (Wildman–Crippen MR) is 106 cm³/mol. The summed E-state index contributed by atoms with van der Waals surface area (Å²) in [6, 6.07) is 9.12. The van der Waals surface area contributed by atoms with E-state index in [4.69, 9.17) is 22.1 Å². The van der Waals surface area contributed by atoms with Crippen LogP contribution in [-0.4, -0.2) is 37.2 Å². The summed E-state index contributed by atoms with van der Waals surface area (Å²) in [6.45, 7) is 1.08. The monoisotopic (exact) mass is 419 g/mol. The normalized spacial score (nSPS) is 14.5. The molecule has 144 valence electrons. The molecule has 1 aromatic carbocycles. The summed E-state index contributed by atoms with van der Waals surface area (Å²) in [5, 5.41) is 8.40. The van der Waals surface area contributed by atoms with Crippen LogP contribution in [0.1, 0.15) is 22.8 Å². The Balaban J connectivity index is 0.000000640. The molecule has 10 heteroatoms. The lowest BCUT2D eigenvalue weighted by Crippen LogP contribution is -2.44. The smallest absolute Gasteiger partial charge is 0.300 e. The minimum Gasteiger partial charge on any atom is -0.481 e. The summed E-state index contributed by atoms with van der Waals surface area (Å²) in [5.74, 6) is -2.26. The van der Waals surface area contributed by atoms with Gasteiger partial charge >= 0.3 is 0 Å². The quantitative estimate of drug-likeness (QED) is 0.583. The summed E-state index contributed by atoms with van der Waals surface area (Å²) < 4.78 is 13.9. The molecule has 7 nitrogen and oxygen atoms in total. The molecule has 1 aromatic heterocycles. The maximum atomic E-state index is 13.7. The standard InChI is InChI=1S/C16H10FN3O2S2.C2H4O2/c17-12-4-2-1-3-11(12)9-13-15(22)20(16(23)24-13)19-14(21)10-5-7-18-8-6-10;1-2(3)4/h1-9H,(H,19,21);1H3,(H,3,4)/b13-9-;. The molecule has 0 saturated carbocycles. The minimum absolute atomic E-state index is 0.171. The van der Waals surface area contributed by atoms with E-state index in [9.17, 15) is 14.0 Å². The molecule has 2 N–H and O–H groups in total. The first-order chi connectivity index (χ1) is 13.3. The molecule has 2 heterocycles. The summed E-state index contributed by atoms with van der Waals surface area (Å²) in [4.78, 5) is 37.6. The largest absolute Gasteiger partial charge is 0.481 e. The van der Waals surface area contributed by atoms with E-state index in [1.807, 2.05) is 0 Å². The minimum atomic E-state index is -0.833. The molecule has 1 fully saturated rings. The van der Waals surface area contributed by atoms with Gasteiger partial charge in [-0.15, -0.1) is 0 Å². The van der Waals surface area contributed by atoms with Crippen LogP contribution >= 0.6 is 24.0 Å². The van der Waals surface area contributed by atoms with Gasteiger partial charge in [0.25, 0.3) is 17.8 Å². The van der Waals surface area contributed by atoms with Gasteiger partial charge in [-0.3, -0.25) is 24.8 Å². The van der Waals surface area contributed by atoms with Gasteiger partial charge in [-0.2, -0.15) is 5.01 Å². The third-order valence-corrected chi connectivity index (χ3v) is 4.44. The van der Waals surface area contributed by atoms with Crippen LogP contribution in [0.25, 0.3) is 6.08 Å². The molecule has 28 heavy (non-hydrogen) atoms. The summed E-state index contributed by atoms with van der Waals surface area (Å²) >= 11 is 6.12. The average molecular weight is 419 g/mol. The molecule has 0 radical (unpaired) electrons.